The van der Waals surface area contributed by atoms with Gasteiger partial charge in [-0.3, -0.25) is 13.9 Å². The minimum atomic E-state index is -5.47. The lowest BCUT2D eigenvalue weighted by molar-refractivity contribution is 0.0694. The summed E-state index contributed by atoms with van der Waals surface area (Å²) in [4.78, 5) is 60.0. The van der Waals surface area contributed by atoms with Crippen LogP contribution in [0.15, 0.2) is 23.1 Å². The number of fused-ring (bicyclic) bond motifs is 1. The van der Waals surface area contributed by atoms with E-state index in [1.807, 2.05) is 0 Å². The lowest BCUT2D eigenvalue weighted by atomic mass is 10.1. The number of aliphatic hydroxyl groups is 1. The molecule has 0 fully saturated rings. The topological polar surface area (TPSA) is 207 Å². The molecule has 0 bridgehead atoms. The van der Waals surface area contributed by atoms with Crippen molar-refractivity contribution >= 4 is 49.4 Å². The van der Waals surface area contributed by atoms with Crippen molar-refractivity contribution in [1.29, 1.82) is 0 Å². The second kappa shape index (κ2) is 9.62. The molecule has 12 nitrogen and oxygen atoms in total. The Morgan fingerprint density at radius 2 is 1.72 bits per heavy atom. The van der Waals surface area contributed by atoms with E-state index in [-0.39, 0.29) is 28.8 Å². The number of carboxylic acids is 1. The molecule has 0 aliphatic carbocycles. The highest BCUT2D eigenvalue weighted by molar-refractivity contribution is 7.72. The number of aromatic nitrogens is 1. The van der Waals surface area contributed by atoms with E-state index in [2.05, 4.69) is 5.32 Å². The van der Waals surface area contributed by atoms with Crippen LogP contribution in [0.25, 0.3) is 10.9 Å². The van der Waals surface area contributed by atoms with Crippen LogP contribution in [-0.2, 0) is 16.2 Å². The second-order valence-corrected chi connectivity index (χ2v) is 11.7. The average Bonchev–Trinajstić information content (AvgIpc) is 2.65. The van der Waals surface area contributed by atoms with Crippen molar-refractivity contribution in [2.45, 2.75) is 30.8 Å². The first kappa shape index (κ1) is 26.5. The Bertz CT molecular complexity index is 1160. The lowest BCUT2D eigenvalue weighted by Crippen LogP contribution is -2.28. The van der Waals surface area contributed by atoms with Crippen LogP contribution in [0.3, 0.4) is 0 Å². The minimum Gasteiger partial charge on any atom is -0.477 e. The molecular weight excluding hydrogens is 490 g/mol. The average molecular weight is 513 g/mol. The number of carboxylic acid groups (broad SMARTS) is 1. The SMILES string of the molecule is Cn1cc(C(=O)O)c(=O)c2cc(Cl)c(NCCCCCC(O)(P(=O)(O)O)P(=O)(O)O)cc21. The van der Waals surface area contributed by atoms with Crippen LogP contribution in [0.2, 0.25) is 5.02 Å². The Hall–Kier alpha value is -1.75. The van der Waals surface area contributed by atoms with E-state index in [0.29, 0.717) is 24.2 Å². The molecule has 32 heavy (non-hydrogen) atoms. The molecule has 0 atom stereocenters. The number of aryl methyl sites for hydroxylation is 1. The predicted molar refractivity (Wildman–Crippen MR) is 117 cm³/mol. The van der Waals surface area contributed by atoms with Crippen LogP contribution in [0.1, 0.15) is 36.0 Å². The Labute approximate surface area is 186 Å². The Kier molecular flexibility index (Phi) is 7.97. The van der Waals surface area contributed by atoms with Gasteiger partial charge >= 0.3 is 21.2 Å². The van der Waals surface area contributed by atoms with Gasteiger partial charge in [0.05, 0.1) is 16.2 Å². The number of halogens is 1. The fourth-order valence-electron chi connectivity index (χ4n) is 3.14. The maximum atomic E-state index is 12.3. The maximum Gasteiger partial charge on any atom is 0.369 e. The van der Waals surface area contributed by atoms with Crippen molar-refractivity contribution in [3.8, 4) is 0 Å². The van der Waals surface area contributed by atoms with Crippen molar-refractivity contribution in [3.63, 3.8) is 0 Å². The van der Waals surface area contributed by atoms with E-state index in [4.69, 9.17) is 36.3 Å². The summed E-state index contributed by atoms with van der Waals surface area (Å²) >= 11 is 6.20. The summed E-state index contributed by atoms with van der Waals surface area (Å²) in [7, 11) is -9.35. The van der Waals surface area contributed by atoms with Crippen LogP contribution in [0.4, 0.5) is 5.69 Å². The van der Waals surface area contributed by atoms with E-state index in [9.17, 15) is 23.8 Å². The van der Waals surface area contributed by atoms with E-state index in [1.165, 1.54) is 16.8 Å². The highest BCUT2D eigenvalue weighted by atomic mass is 35.5. The summed E-state index contributed by atoms with van der Waals surface area (Å²) in [5.74, 6) is -1.35. The molecule has 1 aromatic heterocycles. The number of hydrogen-bond donors (Lipinski definition) is 7. The number of benzene rings is 1. The zero-order chi connectivity index (χ0) is 24.5. The molecule has 0 amide bonds. The summed E-state index contributed by atoms with van der Waals surface area (Å²) in [5.41, 5.74) is -0.150. The summed E-state index contributed by atoms with van der Waals surface area (Å²) in [6, 6.07) is 2.93. The number of pyridine rings is 1. The third-order valence-electron chi connectivity index (χ3n) is 4.95. The normalized spacial score (nSPS) is 12.8. The monoisotopic (exact) mass is 512 g/mol. The van der Waals surface area contributed by atoms with Gasteiger partial charge in [0.15, 0.2) is 0 Å². The smallest absolute Gasteiger partial charge is 0.369 e. The Morgan fingerprint density at radius 1 is 1.12 bits per heavy atom. The molecule has 0 spiro atoms. The van der Waals surface area contributed by atoms with E-state index >= 15 is 0 Å². The van der Waals surface area contributed by atoms with Crippen molar-refractivity contribution < 1.29 is 43.7 Å². The molecule has 15 heteroatoms. The number of carbonyl (C=O) groups is 1. The number of rotatable bonds is 10. The number of unbranched alkanes of at least 4 members (excludes halogenated alkanes) is 2. The van der Waals surface area contributed by atoms with Gasteiger partial charge in [-0.2, -0.15) is 0 Å². The van der Waals surface area contributed by atoms with Gasteiger partial charge in [0.1, 0.15) is 5.56 Å². The van der Waals surface area contributed by atoms with Crippen LogP contribution >= 0.6 is 26.8 Å². The van der Waals surface area contributed by atoms with Crippen molar-refractivity contribution in [2.24, 2.45) is 7.05 Å². The van der Waals surface area contributed by atoms with E-state index in [1.54, 1.807) is 13.1 Å². The van der Waals surface area contributed by atoms with Gasteiger partial charge in [0, 0.05) is 25.2 Å². The molecule has 0 unspecified atom stereocenters. The molecule has 0 aliphatic heterocycles. The van der Waals surface area contributed by atoms with E-state index in [0.717, 1.165) is 0 Å². The first-order valence-corrected chi connectivity index (χ1v) is 12.8. The lowest BCUT2D eigenvalue weighted by Gasteiger charge is -2.29. The van der Waals surface area contributed by atoms with Crippen molar-refractivity contribution in [1.82, 2.24) is 4.57 Å². The Balaban J connectivity index is 2.05. The second-order valence-electron chi connectivity index (χ2n) is 7.24. The summed E-state index contributed by atoms with van der Waals surface area (Å²) in [6.45, 7) is 0.316. The highest BCUT2D eigenvalue weighted by Gasteiger charge is 2.58. The van der Waals surface area contributed by atoms with Gasteiger partial charge in [-0.15, -0.1) is 0 Å². The summed E-state index contributed by atoms with van der Waals surface area (Å²) in [5, 5.41) is 18.9. The number of nitrogens with one attached hydrogen (secondary N) is 1. The minimum absolute atomic E-state index is 0.0632. The van der Waals surface area contributed by atoms with Crippen LogP contribution in [0, 0.1) is 0 Å². The van der Waals surface area contributed by atoms with Gasteiger partial charge in [0.25, 0.3) is 5.08 Å². The largest absolute Gasteiger partial charge is 0.477 e. The fraction of sp³-hybridized carbons (Fsp3) is 0.412. The first-order chi connectivity index (χ1) is 14.6. The third kappa shape index (κ3) is 5.41. The van der Waals surface area contributed by atoms with Gasteiger partial charge in [-0.05, 0) is 31.4 Å². The number of nitrogens with zero attached hydrogens (tertiary/aromatic N) is 1. The van der Waals surface area contributed by atoms with Crippen LogP contribution < -0.4 is 10.7 Å². The number of aromatic carboxylic acids is 1. The molecule has 1 aromatic carbocycles. The van der Waals surface area contributed by atoms with Gasteiger partial charge < -0.3 is 39.7 Å². The fourth-order valence-corrected chi connectivity index (χ4v) is 5.63. The molecule has 0 aliphatic rings. The van der Waals surface area contributed by atoms with Gasteiger partial charge in [-0.25, -0.2) is 4.79 Å². The molecule has 2 aromatic rings. The molecule has 178 valence electrons. The van der Waals surface area contributed by atoms with Gasteiger partial charge in [0.2, 0.25) is 5.43 Å². The number of anilines is 1. The van der Waals surface area contributed by atoms with E-state index < -0.39 is 38.1 Å². The highest BCUT2D eigenvalue weighted by Crippen LogP contribution is 2.69. The van der Waals surface area contributed by atoms with Crippen LogP contribution in [0.5, 0.6) is 0 Å². The summed E-state index contributed by atoms with van der Waals surface area (Å²) < 4.78 is 24.1. The number of hydrogen-bond acceptors (Lipinski definition) is 6. The Morgan fingerprint density at radius 3 is 2.25 bits per heavy atom. The molecule has 1 heterocycles. The van der Waals surface area contributed by atoms with Crippen molar-refractivity contribution in [2.75, 3.05) is 11.9 Å². The zero-order valence-corrected chi connectivity index (χ0v) is 19.3. The molecule has 0 saturated heterocycles. The standard InChI is InChI=1S/C17H23ClN2O10P2/c1-20-9-11(16(22)23)15(21)10-7-12(18)13(8-14(10)20)19-6-4-2-3-5-17(24,31(25,26)27)32(28,29)30/h7-9,19,24H,2-6H2,1H3,(H,22,23)(H2,25,26,27)(H2,28,29,30). The van der Waals surface area contributed by atoms with Gasteiger partial charge in [-0.1, -0.05) is 18.0 Å². The predicted octanol–water partition coefficient (Wildman–Crippen LogP) is 1.86. The summed E-state index contributed by atoms with van der Waals surface area (Å²) in [6.07, 6.45) is 1.04. The zero-order valence-electron chi connectivity index (χ0n) is 16.8. The maximum absolute atomic E-state index is 12.3. The molecule has 7 N–H and O–H groups in total. The molecule has 2 rings (SSSR count). The molecular formula is C17H23ClN2O10P2. The molecule has 0 radical (unpaired) electrons. The van der Waals surface area contributed by atoms with Crippen LogP contribution in [-0.4, -0.2) is 52.0 Å². The quantitative estimate of drug-likeness (QED) is 0.180. The van der Waals surface area contributed by atoms with Crippen molar-refractivity contribution in [3.05, 3.63) is 39.1 Å². The third-order valence-corrected chi connectivity index (χ3v) is 9.13. The first-order valence-electron chi connectivity index (χ1n) is 9.24. The molecule has 0 saturated carbocycles.